The Morgan fingerprint density at radius 2 is 1.67 bits per heavy atom. The molecule has 0 spiro atoms. The average molecular weight is 248 g/mol. The Morgan fingerprint density at radius 3 is 2.17 bits per heavy atom. The van der Waals surface area contributed by atoms with Crippen molar-refractivity contribution in [1.82, 2.24) is 10.6 Å². The van der Waals surface area contributed by atoms with Gasteiger partial charge in [0.05, 0.1) is 0 Å². The molecular formula is C16H28N2. The van der Waals surface area contributed by atoms with Gasteiger partial charge in [-0.3, -0.25) is 0 Å². The zero-order valence-electron chi connectivity index (χ0n) is 12.5. The number of hydrogen-bond donors (Lipinski definition) is 2. The molecule has 0 radical (unpaired) electrons. The van der Waals surface area contributed by atoms with Crippen molar-refractivity contribution in [2.75, 3.05) is 13.1 Å². The lowest BCUT2D eigenvalue weighted by Crippen LogP contribution is -2.40. The van der Waals surface area contributed by atoms with Crippen LogP contribution in [0.1, 0.15) is 51.8 Å². The van der Waals surface area contributed by atoms with Crippen LogP contribution in [0.2, 0.25) is 0 Å². The maximum Gasteiger partial charge on any atom is 0.0292 e. The summed E-state index contributed by atoms with van der Waals surface area (Å²) < 4.78 is 0. The molecule has 0 amide bonds. The summed E-state index contributed by atoms with van der Waals surface area (Å²) in [6.45, 7) is 13.0. The molecule has 18 heavy (non-hydrogen) atoms. The van der Waals surface area contributed by atoms with Gasteiger partial charge in [-0.2, -0.15) is 0 Å². The fourth-order valence-electron chi connectivity index (χ4n) is 1.89. The van der Waals surface area contributed by atoms with Gasteiger partial charge in [0, 0.05) is 24.7 Å². The zero-order chi connectivity index (χ0) is 13.6. The summed E-state index contributed by atoms with van der Waals surface area (Å²) in [4.78, 5) is 0. The van der Waals surface area contributed by atoms with Gasteiger partial charge in [0.1, 0.15) is 0 Å². The fraction of sp³-hybridized carbons (Fsp3) is 0.625. The summed E-state index contributed by atoms with van der Waals surface area (Å²) in [5.74, 6) is 0. The van der Waals surface area contributed by atoms with Crippen LogP contribution in [-0.4, -0.2) is 18.6 Å². The molecule has 1 rings (SSSR count). The molecule has 1 atom stereocenters. The summed E-state index contributed by atoms with van der Waals surface area (Å²) in [6.07, 6.45) is 1.11. The van der Waals surface area contributed by atoms with Crippen LogP contribution in [0.4, 0.5) is 0 Å². The molecule has 0 fully saturated rings. The molecule has 1 aromatic rings. The van der Waals surface area contributed by atoms with Gasteiger partial charge in [-0.1, -0.05) is 31.2 Å². The molecule has 1 unspecified atom stereocenters. The van der Waals surface area contributed by atoms with Crippen molar-refractivity contribution in [3.63, 3.8) is 0 Å². The first-order valence-corrected chi connectivity index (χ1v) is 6.99. The highest BCUT2D eigenvalue weighted by Gasteiger charge is 2.08. The number of hydrogen-bond acceptors (Lipinski definition) is 2. The lowest BCUT2D eigenvalue weighted by Gasteiger charge is -2.22. The molecule has 0 aliphatic rings. The van der Waals surface area contributed by atoms with E-state index in [9.17, 15) is 0 Å². The van der Waals surface area contributed by atoms with Gasteiger partial charge in [-0.05, 0) is 45.2 Å². The molecule has 0 aliphatic carbocycles. The molecule has 0 aromatic heterocycles. The fourth-order valence-corrected chi connectivity index (χ4v) is 1.89. The summed E-state index contributed by atoms with van der Waals surface area (Å²) >= 11 is 0. The minimum atomic E-state index is 0.202. The summed E-state index contributed by atoms with van der Waals surface area (Å²) in [5, 5.41) is 7.03. The van der Waals surface area contributed by atoms with E-state index in [2.05, 4.69) is 69.5 Å². The minimum absolute atomic E-state index is 0.202. The SMILES string of the molecule is CCc1ccc(C(C)NCCNC(C)(C)C)cc1. The number of aryl methyl sites for hydroxylation is 1. The first-order valence-electron chi connectivity index (χ1n) is 6.99. The van der Waals surface area contributed by atoms with E-state index in [0.29, 0.717) is 6.04 Å². The Bertz CT molecular complexity index is 335. The van der Waals surface area contributed by atoms with Crippen molar-refractivity contribution in [2.24, 2.45) is 0 Å². The molecule has 1 aromatic carbocycles. The molecule has 0 heterocycles. The first kappa shape index (κ1) is 15.2. The van der Waals surface area contributed by atoms with Gasteiger partial charge >= 0.3 is 0 Å². The van der Waals surface area contributed by atoms with Gasteiger partial charge in [-0.15, -0.1) is 0 Å². The van der Waals surface area contributed by atoms with E-state index in [1.54, 1.807) is 0 Å². The van der Waals surface area contributed by atoms with Crippen LogP contribution in [0.25, 0.3) is 0 Å². The van der Waals surface area contributed by atoms with E-state index in [4.69, 9.17) is 0 Å². The monoisotopic (exact) mass is 248 g/mol. The van der Waals surface area contributed by atoms with E-state index in [1.807, 2.05) is 0 Å². The van der Waals surface area contributed by atoms with Crippen molar-refractivity contribution >= 4 is 0 Å². The number of benzene rings is 1. The van der Waals surface area contributed by atoms with Crippen molar-refractivity contribution in [3.8, 4) is 0 Å². The summed E-state index contributed by atoms with van der Waals surface area (Å²) in [5.41, 5.74) is 2.97. The van der Waals surface area contributed by atoms with E-state index in [0.717, 1.165) is 19.5 Å². The second kappa shape index (κ2) is 6.91. The third-order valence-electron chi connectivity index (χ3n) is 3.12. The molecule has 2 heteroatoms. The van der Waals surface area contributed by atoms with Gasteiger partial charge in [0.15, 0.2) is 0 Å². The number of nitrogens with one attached hydrogen (secondary N) is 2. The Hall–Kier alpha value is -0.860. The Morgan fingerprint density at radius 1 is 1.06 bits per heavy atom. The maximum absolute atomic E-state index is 3.55. The van der Waals surface area contributed by atoms with Crippen LogP contribution in [0.3, 0.4) is 0 Å². The Kier molecular flexibility index (Phi) is 5.83. The van der Waals surface area contributed by atoms with E-state index in [1.165, 1.54) is 11.1 Å². The van der Waals surface area contributed by atoms with Gasteiger partial charge in [0.25, 0.3) is 0 Å². The van der Waals surface area contributed by atoms with E-state index >= 15 is 0 Å². The van der Waals surface area contributed by atoms with Gasteiger partial charge in [-0.25, -0.2) is 0 Å². The zero-order valence-corrected chi connectivity index (χ0v) is 12.5. The van der Waals surface area contributed by atoms with Crippen LogP contribution in [0, 0.1) is 0 Å². The smallest absolute Gasteiger partial charge is 0.0292 e. The summed E-state index contributed by atoms with van der Waals surface area (Å²) in [6, 6.07) is 9.32. The third-order valence-corrected chi connectivity index (χ3v) is 3.12. The third kappa shape index (κ3) is 5.65. The van der Waals surface area contributed by atoms with Gasteiger partial charge < -0.3 is 10.6 Å². The Labute approximate surface area is 112 Å². The van der Waals surface area contributed by atoms with Crippen LogP contribution in [-0.2, 0) is 6.42 Å². The van der Waals surface area contributed by atoms with E-state index in [-0.39, 0.29) is 5.54 Å². The molecule has 0 aliphatic heterocycles. The van der Waals surface area contributed by atoms with Crippen molar-refractivity contribution < 1.29 is 0 Å². The minimum Gasteiger partial charge on any atom is -0.311 e. The van der Waals surface area contributed by atoms with Crippen LogP contribution < -0.4 is 10.6 Å². The molecule has 2 N–H and O–H groups in total. The largest absolute Gasteiger partial charge is 0.311 e. The van der Waals surface area contributed by atoms with Crippen LogP contribution in [0.5, 0.6) is 0 Å². The second-order valence-corrected chi connectivity index (χ2v) is 5.95. The Balaban J connectivity index is 2.33. The highest BCUT2D eigenvalue weighted by atomic mass is 15.0. The standard InChI is InChI=1S/C16H28N2/c1-6-14-7-9-15(10-8-14)13(2)17-11-12-18-16(3,4)5/h7-10,13,17-18H,6,11-12H2,1-5H3. The topological polar surface area (TPSA) is 24.1 Å². The number of rotatable bonds is 6. The lowest BCUT2D eigenvalue weighted by atomic mass is 10.1. The van der Waals surface area contributed by atoms with Crippen LogP contribution in [0.15, 0.2) is 24.3 Å². The molecule has 102 valence electrons. The highest BCUT2D eigenvalue weighted by molar-refractivity contribution is 5.24. The predicted molar refractivity (Wildman–Crippen MR) is 80.0 cm³/mol. The van der Waals surface area contributed by atoms with Crippen LogP contribution >= 0.6 is 0 Å². The van der Waals surface area contributed by atoms with Crippen molar-refractivity contribution in [1.29, 1.82) is 0 Å². The maximum atomic E-state index is 3.55. The quantitative estimate of drug-likeness (QED) is 0.755. The second-order valence-electron chi connectivity index (χ2n) is 5.95. The molecule has 2 nitrogen and oxygen atoms in total. The lowest BCUT2D eigenvalue weighted by molar-refractivity contribution is 0.414. The molecule has 0 bridgehead atoms. The molecular weight excluding hydrogens is 220 g/mol. The normalized spacial score (nSPS) is 13.6. The van der Waals surface area contributed by atoms with Gasteiger partial charge in [0.2, 0.25) is 0 Å². The average Bonchev–Trinajstić information content (AvgIpc) is 2.33. The summed E-state index contributed by atoms with van der Waals surface area (Å²) in [7, 11) is 0. The first-order chi connectivity index (χ1) is 8.42. The highest BCUT2D eigenvalue weighted by Crippen LogP contribution is 2.13. The predicted octanol–water partition coefficient (Wildman–Crippen LogP) is 3.29. The molecule has 0 saturated carbocycles. The molecule has 0 saturated heterocycles. The van der Waals surface area contributed by atoms with Crippen molar-refractivity contribution in [2.45, 2.75) is 52.6 Å². The van der Waals surface area contributed by atoms with Crippen molar-refractivity contribution in [3.05, 3.63) is 35.4 Å². The van der Waals surface area contributed by atoms with E-state index < -0.39 is 0 Å².